The van der Waals surface area contributed by atoms with Crippen LogP contribution in [0.5, 0.6) is 11.5 Å². The van der Waals surface area contributed by atoms with Crippen molar-refractivity contribution in [1.82, 2.24) is 0 Å². The second-order valence-corrected chi connectivity index (χ2v) is 7.88. The molecular weight excluding hydrogens is 480 g/mol. The minimum atomic E-state index is -0.552. The number of aromatic hydroxyl groups is 1. The third-order valence-corrected chi connectivity index (χ3v) is 5.60. The van der Waals surface area contributed by atoms with E-state index in [9.17, 15) is 15.2 Å². The van der Waals surface area contributed by atoms with Crippen LogP contribution in [-0.2, 0) is 11.2 Å². The average Bonchev–Trinajstić information content (AvgIpc) is 2.76. The van der Waals surface area contributed by atoms with Gasteiger partial charge in [-0.15, -0.1) is 0 Å². The number of anilines is 1. The Bertz CT molecular complexity index is 1180. The molecule has 156 valence electrons. The first kappa shape index (κ1) is 22.4. The Morgan fingerprint density at radius 3 is 2.58 bits per heavy atom. The normalized spacial score (nSPS) is 11.0. The van der Waals surface area contributed by atoms with E-state index in [1.807, 2.05) is 36.4 Å². The lowest BCUT2D eigenvalue weighted by Crippen LogP contribution is -2.13. The Kier molecular flexibility index (Phi) is 7.35. The molecule has 3 aromatic rings. The van der Waals surface area contributed by atoms with Crippen molar-refractivity contribution in [2.24, 2.45) is 0 Å². The highest BCUT2D eigenvalue weighted by molar-refractivity contribution is 9.10. The zero-order valence-corrected chi connectivity index (χ0v) is 18.9. The van der Waals surface area contributed by atoms with Crippen molar-refractivity contribution in [3.05, 3.63) is 92.4 Å². The van der Waals surface area contributed by atoms with Crippen molar-refractivity contribution in [3.8, 4) is 17.6 Å². The molecule has 31 heavy (non-hydrogen) atoms. The number of methoxy groups -OCH3 is 1. The molecule has 3 rings (SSSR count). The number of amides is 1. The topological polar surface area (TPSA) is 82.3 Å². The summed E-state index contributed by atoms with van der Waals surface area (Å²) < 4.78 is 6.32. The van der Waals surface area contributed by atoms with Crippen LogP contribution in [0.3, 0.4) is 0 Å². The molecule has 0 aliphatic rings. The predicted octanol–water partition coefficient (Wildman–Crippen LogP) is 5.95. The molecule has 3 aromatic carbocycles. The number of phenols is 1. The van der Waals surface area contributed by atoms with Crippen molar-refractivity contribution in [3.63, 3.8) is 0 Å². The summed E-state index contributed by atoms with van der Waals surface area (Å²) in [7, 11) is 1.56. The minimum Gasteiger partial charge on any atom is -0.508 e. The minimum absolute atomic E-state index is 0.0686. The van der Waals surface area contributed by atoms with Crippen LogP contribution in [-0.4, -0.2) is 18.1 Å². The van der Waals surface area contributed by atoms with Crippen LogP contribution >= 0.6 is 27.5 Å². The van der Waals surface area contributed by atoms with Crippen molar-refractivity contribution in [1.29, 1.82) is 5.26 Å². The van der Waals surface area contributed by atoms with E-state index in [2.05, 4.69) is 21.2 Å². The highest BCUT2D eigenvalue weighted by Gasteiger charge is 2.14. The van der Waals surface area contributed by atoms with E-state index in [0.29, 0.717) is 28.4 Å². The van der Waals surface area contributed by atoms with E-state index in [1.54, 1.807) is 25.3 Å². The highest BCUT2D eigenvalue weighted by atomic mass is 79.9. The van der Waals surface area contributed by atoms with Crippen LogP contribution in [0.15, 0.2) is 70.7 Å². The molecule has 0 radical (unpaired) electrons. The molecular formula is C24H18BrClN2O3. The van der Waals surface area contributed by atoms with Gasteiger partial charge in [-0.3, -0.25) is 4.79 Å². The lowest BCUT2D eigenvalue weighted by atomic mass is 10.0. The molecule has 0 unspecified atom stereocenters. The third kappa shape index (κ3) is 5.66. The van der Waals surface area contributed by atoms with Gasteiger partial charge in [-0.2, -0.15) is 5.26 Å². The monoisotopic (exact) mass is 496 g/mol. The summed E-state index contributed by atoms with van der Waals surface area (Å²) in [5.74, 6) is 0.142. The Labute approximate surface area is 193 Å². The van der Waals surface area contributed by atoms with Gasteiger partial charge in [0.25, 0.3) is 5.91 Å². The number of carbonyl (C=O) groups is 1. The average molecular weight is 498 g/mol. The fourth-order valence-corrected chi connectivity index (χ4v) is 3.76. The van der Waals surface area contributed by atoms with E-state index in [4.69, 9.17) is 16.3 Å². The van der Waals surface area contributed by atoms with E-state index >= 15 is 0 Å². The van der Waals surface area contributed by atoms with Gasteiger partial charge < -0.3 is 15.2 Å². The van der Waals surface area contributed by atoms with Crippen molar-refractivity contribution in [2.45, 2.75) is 6.42 Å². The number of rotatable bonds is 6. The molecule has 0 fully saturated rings. The first-order valence-electron chi connectivity index (χ1n) is 9.23. The zero-order chi connectivity index (χ0) is 22.4. The largest absolute Gasteiger partial charge is 0.508 e. The second kappa shape index (κ2) is 10.2. The highest BCUT2D eigenvalue weighted by Crippen LogP contribution is 2.33. The molecule has 0 aliphatic carbocycles. The summed E-state index contributed by atoms with van der Waals surface area (Å²) in [6.45, 7) is 0. The third-order valence-electron chi connectivity index (χ3n) is 4.52. The molecule has 0 spiro atoms. The first-order valence-corrected chi connectivity index (χ1v) is 10.4. The SMILES string of the molecule is COc1cc(/C=C(\C#N)C(=O)Nc2ccc(O)cc2)cc(Br)c1Cc1ccccc1Cl. The van der Waals surface area contributed by atoms with Gasteiger partial charge in [0.1, 0.15) is 23.1 Å². The number of hydrogen-bond acceptors (Lipinski definition) is 4. The summed E-state index contributed by atoms with van der Waals surface area (Å²) in [4.78, 5) is 12.5. The standard InChI is InChI=1S/C24H18BrClN2O3/c1-31-23-12-15(11-21(25)20(23)13-16-4-2-3-5-22(16)26)10-17(14-27)24(30)28-18-6-8-19(29)9-7-18/h2-12,29H,13H2,1H3,(H,28,30)/b17-10+. The lowest BCUT2D eigenvalue weighted by Gasteiger charge is -2.13. The predicted molar refractivity (Wildman–Crippen MR) is 125 cm³/mol. The molecule has 0 heterocycles. The van der Waals surface area contributed by atoms with E-state index in [-0.39, 0.29) is 11.3 Å². The molecule has 0 aromatic heterocycles. The fraction of sp³-hybridized carbons (Fsp3) is 0.0833. The molecule has 0 atom stereocenters. The van der Waals surface area contributed by atoms with Crippen LogP contribution in [0.4, 0.5) is 5.69 Å². The van der Waals surface area contributed by atoms with Gasteiger partial charge in [-0.1, -0.05) is 45.7 Å². The number of carbonyl (C=O) groups excluding carboxylic acids is 1. The van der Waals surface area contributed by atoms with Crippen LogP contribution in [0.2, 0.25) is 5.02 Å². The second-order valence-electron chi connectivity index (χ2n) is 6.62. The number of phenolic OH excluding ortho intramolecular Hbond substituents is 1. The van der Waals surface area contributed by atoms with Gasteiger partial charge in [0.15, 0.2) is 0 Å². The fourth-order valence-electron chi connectivity index (χ4n) is 2.96. The van der Waals surface area contributed by atoms with Gasteiger partial charge in [-0.25, -0.2) is 0 Å². The maximum atomic E-state index is 12.5. The Hall–Kier alpha value is -3.27. The molecule has 5 nitrogen and oxygen atoms in total. The van der Waals surface area contributed by atoms with Gasteiger partial charge in [0.05, 0.1) is 7.11 Å². The zero-order valence-electron chi connectivity index (χ0n) is 16.5. The van der Waals surface area contributed by atoms with Crippen molar-refractivity contribution in [2.75, 3.05) is 12.4 Å². The number of benzene rings is 3. The number of ether oxygens (including phenoxy) is 1. The maximum absolute atomic E-state index is 12.5. The number of halogens is 2. The number of hydrogen-bond donors (Lipinski definition) is 2. The molecule has 2 N–H and O–H groups in total. The molecule has 0 aliphatic heterocycles. The van der Waals surface area contributed by atoms with E-state index in [1.165, 1.54) is 18.2 Å². The summed E-state index contributed by atoms with van der Waals surface area (Å²) in [5.41, 5.74) is 2.89. The van der Waals surface area contributed by atoms with Gasteiger partial charge in [0, 0.05) is 27.2 Å². The van der Waals surface area contributed by atoms with Crippen molar-refractivity contribution < 1.29 is 14.6 Å². The number of nitrogens with one attached hydrogen (secondary N) is 1. The summed E-state index contributed by atoms with van der Waals surface area (Å²) in [6, 6.07) is 19.1. The molecule has 0 saturated heterocycles. The number of nitriles is 1. The smallest absolute Gasteiger partial charge is 0.266 e. The van der Waals surface area contributed by atoms with Crippen LogP contribution in [0.25, 0.3) is 6.08 Å². The Balaban J connectivity index is 1.89. The van der Waals surface area contributed by atoms with Crippen LogP contribution in [0, 0.1) is 11.3 Å². The van der Waals surface area contributed by atoms with Gasteiger partial charge >= 0.3 is 0 Å². The van der Waals surface area contributed by atoms with Crippen LogP contribution < -0.4 is 10.1 Å². The molecule has 0 saturated carbocycles. The van der Waals surface area contributed by atoms with Crippen molar-refractivity contribution >= 4 is 45.2 Å². The summed E-state index contributed by atoms with van der Waals surface area (Å²) in [5, 5.41) is 22.1. The van der Waals surface area contributed by atoms with Gasteiger partial charge in [0.2, 0.25) is 0 Å². The van der Waals surface area contributed by atoms with Gasteiger partial charge in [-0.05, 0) is 59.7 Å². The Morgan fingerprint density at radius 1 is 1.23 bits per heavy atom. The molecule has 7 heteroatoms. The summed E-state index contributed by atoms with van der Waals surface area (Å²) >= 11 is 9.86. The Morgan fingerprint density at radius 2 is 1.94 bits per heavy atom. The van der Waals surface area contributed by atoms with E-state index in [0.717, 1.165) is 15.6 Å². The molecule has 0 bridgehead atoms. The van der Waals surface area contributed by atoms with E-state index < -0.39 is 5.91 Å². The molecule has 1 amide bonds. The first-order chi connectivity index (χ1) is 14.9. The lowest BCUT2D eigenvalue weighted by molar-refractivity contribution is -0.112. The summed E-state index contributed by atoms with van der Waals surface area (Å²) in [6.07, 6.45) is 2.04. The number of nitrogens with zero attached hydrogens (tertiary/aromatic N) is 1. The quantitative estimate of drug-likeness (QED) is 0.250. The maximum Gasteiger partial charge on any atom is 0.266 e. The van der Waals surface area contributed by atoms with Crippen LogP contribution in [0.1, 0.15) is 16.7 Å².